The molecule has 1 fully saturated rings. The molecule has 0 radical (unpaired) electrons. The summed E-state index contributed by atoms with van der Waals surface area (Å²) in [6.45, 7) is 3.92. The van der Waals surface area contributed by atoms with Crippen molar-refractivity contribution in [1.82, 2.24) is 19.7 Å². The molecular formula is C30H27F3N6O2S. The summed E-state index contributed by atoms with van der Waals surface area (Å²) in [6.07, 6.45) is -2.66. The van der Waals surface area contributed by atoms with Crippen LogP contribution in [0.5, 0.6) is 0 Å². The third kappa shape index (κ3) is 5.72. The second-order valence-corrected chi connectivity index (χ2v) is 10.8. The lowest BCUT2D eigenvalue weighted by atomic mass is 10.1. The lowest BCUT2D eigenvalue weighted by Gasteiger charge is -2.31. The number of thioether (sulfide) groups is 1. The van der Waals surface area contributed by atoms with E-state index in [1.54, 1.807) is 0 Å². The van der Waals surface area contributed by atoms with Crippen LogP contribution in [-0.4, -0.2) is 57.7 Å². The van der Waals surface area contributed by atoms with Crippen LogP contribution >= 0.6 is 11.8 Å². The van der Waals surface area contributed by atoms with Crippen molar-refractivity contribution in [3.05, 3.63) is 84.1 Å². The van der Waals surface area contributed by atoms with Crippen LogP contribution in [0.1, 0.15) is 11.1 Å². The molecular weight excluding hydrogens is 565 g/mol. The molecule has 0 unspecified atom stereocenters. The van der Waals surface area contributed by atoms with Gasteiger partial charge in [-0.3, -0.25) is 9.36 Å². The summed E-state index contributed by atoms with van der Waals surface area (Å²) in [5.41, 5.74) is 3.49. The van der Waals surface area contributed by atoms with Crippen LogP contribution in [0.4, 0.5) is 24.5 Å². The van der Waals surface area contributed by atoms with E-state index in [1.165, 1.54) is 6.07 Å². The molecule has 216 valence electrons. The van der Waals surface area contributed by atoms with Crippen LogP contribution in [0.15, 0.2) is 78.1 Å². The summed E-state index contributed by atoms with van der Waals surface area (Å²) in [5, 5.41) is 13.1. The lowest BCUT2D eigenvalue weighted by molar-refractivity contribution is -0.137. The van der Waals surface area contributed by atoms with E-state index in [0.29, 0.717) is 43.0 Å². The van der Waals surface area contributed by atoms with Gasteiger partial charge >= 0.3 is 6.18 Å². The van der Waals surface area contributed by atoms with E-state index in [-0.39, 0.29) is 11.4 Å². The number of alkyl halides is 3. The van der Waals surface area contributed by atoms with E-state index < -0.39 is 17.6 Å². The number of carbonyl (C=O) groups is 1. The average molecular weight is 593 g/mol. The summed E-state index contributed by atoms with van der Waals surface area (Å²) in [7, 11) is 0. The SMILES string of the molecule is Cc1cccc(-n2c(SCC(=O)Nc3cc(C(F)(F)F)ccc3N3CCOCC3)nnc2-c2c[nH]c3ccccc23)c1. The molecule has 1 aliphatic rings. The standard InChI is InChI=1S/C30H27F3N6O2S/c1-19-5-4-6-21(15-19)39-28(23-17-34-24-8-3-2-7-22(23)24)36-37-29(39)42-18-27(40)35-25-16-20(30(31,32)33)9-10-26(25)38-11-13-41-14-12-38/h2-10,15-17,34H,11-14,18H2,1H3,(H,35,40). The molecule has 3 heterocycles. The highest BCUT2D eigenvalue weighted by atomic mass is 32.2. The van der Waals surface area contributed by atoms with Crippen LogP contribution in [0, 0.1) is 6.92 Å². The Morgan fingerprint density at radius 2 is 1.86 bits per heavy atom. The number of benzene rings is 3. The first-order valence-electron chi connectivity index (χ1n) is 13.3. The predicted octanol–water partition coefficient (Wildman–Crippen LogP) is 6.31. The highest BCUT2D eigenvalue weighted by molar-refractivity contribution is 7.99. The van der Waals surface area contributed by atoms with Gasteiger partial charge in [0.15, 0.2) is 11.0 Å². The van der Waals surface area contributed by atoms with E-state index in [2.05, 4.69) is 20.5 Å². The Kier molecular flexibility index (Phi) is 7.65. The number of amides is 1. The van der Waals surface area contributed by atoms with Gasteiger partial charge in [-0.05, 0) is 48.9 Å². The van der Waals surface area contributed by atoms with Gasteiger partial charge in [-0.25, -0.2) is 0 Å². The van der Waals surface area contributed by atoms with Crippen molar-refractivity contribution < 1.29 is 22.7 Å². The third-order valence-corrected chi connectivity index (χ3v) is 7.93. The van der Waals surface area contributed by atoms with Crippen molar-refractivity contribution in [2.75, 3.05) is 42.3 Å². The molecule has 0 atom stereocenters. The highest BCUT2D eigenvalue weighted by Gasteiger charge is 2.32. The van der Waals surface area contributed by atoms with Gasteiger partial charge < -0.3 is 19.9 Å². The molecule has 1 saturated heterocycles. The van der Waals surface area contributed by atoms with Gasteiger partial charge in [-0.1, -0.05) is 42.1 Å². The van der Waals surface area contributed by atoms with Crippen molar-refractivity contribution >= 4 is 39.9 Å². The van der Waals surface area contributed by atoms with Gasteiger partial charge in [0.05, 0.1) is 35.9 Å². The number of aromatic amines is 1. The maximum atomic E-state index is 13.5. The van der Waals surface area contributed by atoms with Crippen LogP contribution in [-0.2, 0) is 15.7 Å². The monoisotopic (exact) mass is 592 g/mol. The topological polar surface area (TPSA) is 88.1 Å². The molecule has 1 aliphatic heterocycles. The van der Waals surface area contributed by atoms with E-state index in [9.17, 15) is 18.0 Å². The zero-order chi connectivity index (χ0) is 29.3. The fraction of sp³-hybridized carbons (Fsp3) is 0.233. The quantitative estimate of drug-likeness (QED) is 0.216. The minimum atomic E-state index is -4.54. The number of para-hydroxylation sites is 1. The van der Waals surface area contributed by atoms with Crippen molar-refractivity contribution in [2.45, 2.75) is 18.3 Å². The normalized spacial score (nSPS) is 14.0. The lowest BCUT2D eigenvalue weighted by Crippen LogP contribution is -2.37. The van der Waals surface area contributed by atoms with Crippen molar-refractivity contribution in [1.29, 1.82) is 0 Å². The predicted molar refractivity (Wildman–Crippen MR) is 157 cm³/mol. The van der Waals surface area contributed by atoms with Gasteiger partial charge in [0.1, 0.15) is 0 Å². The van der Waals surface area contributed by atoms with Gasteiger partial charge in [0.25, 0.3) is 0 Å². The number of nitrogens with zero attached hydrogens (tertiary/aromatic N) is 4. The van der Waals surface area contributed by atoms with E-state index in [4.69, 9.17) is 4.74 Å². The van der Waals surface area contributed by atoms with E-state index in [1.807, 2.05) is 71.1 Å². The number of morpholine rings is 1. The number of hydrogen-bond donors (Lipinski definition) is 2. The molecule has 0 aliphatic carbocycles. The molecule has 42 heavy (non-hydrogen) atoms. The van der Waals surface area contributed by atoms with Gasteiger partial charge in [0, 0.05) is 41.4 Å². The Morgan fingerprint density at radius 1 is 1.05 bits per heavy atom. The van der Waals surface area contributed by atoms with Crippen molar-refractivity contribution in [3.8, 4) is 17.1 Å². The summed E-state index contributed by atoms with van der Waals surface area (Å²) in [5.74, 6) is 0.0612. The van der Waals surface area contributed by atoms with Crippen LogP contribution < -0.4 is 10.2 Å². The molecule has 5 aromatic rings. The second kappa shape index (κ2) is 11.5. The number of aryl methyl sites for hydroxylation is 1. The summed E-state index contributed by atoms with van der Waals surface area (Å²) in [6, 6.07) is 19.2. The maximum absolute atomic E-state index is 13.5. The number of hydrogen-bond acceptors (Lipinski definition) is 6. The minimum Gasteiger partial charge on any atom is -0.378 e. The number of halogens is 3. The first-order chi connectivity index (χ1) is 20.3. The summed E-state index contributed by atoms with van der Waals surface area (Å²) < 4.78 is 47.9. The van der Waals surface area contributed by atoms with Crippen LogP contribution in [0.3, 0.4) is 0 Å². The molecule has 0 spiro atoms. The molecule has 6 rings (SSSR count). The number of ether oxygens (including phenoxy) is 1. The molecule has 0 bridgehead atoms. The van der Waals surface area contributed by atoms with Gasteiger partial charge in [-0.2, -0.15) is 13.2 Å². The Labute approximate surface area is 243 Å². The molecule has 12 heteroatoms. The largest absolute Gasteiger partial charge is 0.416 e. The first-order valence-corrected chi connectivity index (χ1v) is 14.3. The molecule has 1 amide bonds. The third-order valence-electron chi connectivity index (χ3n) is 7.01. The Morgan fingerprint density at radius 3 is 2.64 bits per heavy atom. The fourth-order valence-corrected chi connectivity index (χ4v) is 5.75. The average Bonchev–Trinajstić information content (AvgIpc) is 3.60. The molecule has 2 N–H and O–H groups in total. The summed E-state index contributed by atoms with van der Waals surface area (Å²) >= 11 is 1.16. The maximum Gasteiger partial charge on any atom is 0.416 e. The molecule has 8 nitrogen and oxygen atoms in total. The number of aromatic nitrogens is 4. The zero-order valence-electron chi connectivity index (χ0n) is 22.6. The fourth-order valence-electron chi connectivity index (χ4n) is 5.00. The van der Waals surface area contributed by atoms with Crippen molar-refractivity contribution in [3.63, 3.8) is 0 Å². The number of fused-ring (bicyclic) bond motifs is 1. The number of carbonyl (C=O) groups excluding carboxylic acids is 1. The Hall–Kier alpha value is -4.29. The zero-order valence-corrected chi connectivity index (χ0v) is 23.4. The Bertz CT molecular complexity index is 1740. The number of nitrogens with one attached hydrogen (secondary N) is 2. The summed E-state index contributed by atoms with van der Waals surface area (Å²) in [4.78, 5) is 18.4. The molecule has 3 aromatic carbocycles. The Balaban J connectivity index is 1.29. The number of anilines is 2. The number of H-pyrrole nitrogens is 1. The smallest absolute Gasteiger partial charge is 0.378 e. The van der Waals surface area contributed by atoms with Crippen LogP contribution in [0.2, 0.25) is 0 Å². The molecule has 2 aromatic heterocycles. The second-order valence-electron chi connectivity index (χ2n) is 9.89. The van der Waals surface area contributed by atoms with Crippen molar-refractivity contribution in [2.24, 2.45) is 0 Å². The number of rotatable bonds is 7. The van der Waals surface area contributed by atoms with E-state index in [0.717, 1.165) is 51.6 Å². The first kappa shape index (κ1) is 27.9. The van der Waals surface area contributed by atoms with Crippen LogP contribution in [0.25, 0.3) is 28.0 Å². The molecule has 0 saturated carbocycles. The van der Waals surface area contributed by atoms with Gasteiger partial charge in [0.2, 0.25) is 5.91 Å². The van der Waals surface area contributed by atoms with Gasteiger partial charge in [-0.15, -0.1) is 10.2 Å². The minimum absolute atomic E-state index is 0.0867. The van der Waals surface area contributed by atoms with E-state index >= 15 is 0 Å². The highest BCUT2D eigenvalue weighted by Crippen LogP contribution is 2.37.